The smallest absolute Gasteiger partial charge is 0.260 e. The molecular weight excluding hydrogens is 412 g/mol. The topological polar surface area (TPSA) is 58.6 Å². The maximum atomic E-state index is 12.7. The van der Waals surface area contributed by atoms with E-state index in [0.29, 0.717) is 13.1 Å². The molecule has 1 amide bonds. The van der Waals surface area contributed by atoms with Gasteiger partial charge >= 0.3 is 0 Å². The van der Waals surface area contributed by atoms with Crippen molar-refractivity contribution in [2.45, 2.75) is 6.92 Å². The Hall–Kier alpha value is -3.93. The number of rotatable bonds is 5. The van der Waals surface area contributed by atoms with Crippen molar-refractivity contribution in [3.05, 3.63) is 84.4 Å². The Morgan fingerprint density at radius 1 is 0.848 bits per heavy atom. The Morgan fingerprint density at radius 2 is 1.61 bits per heavy atom. The number of hydrogen-bond acceptors (Lipinski definition) is 5. The summed E-state index contributed by atoms with van der Waals surface area (Å²) in [5.74, 6) is 1.58. The Bertz CT molecular complexity index is 1240. The number of nitrogens with zero attached hydrogens (tertiary/aromatic N) is 4. The van der Waals surface area contributed by atoms with E-state index in [4.69, 9.17) is 4.74 Å². The molecular formula is C27H26N4O2. The van der Waals surface area contributed by atoms with Gasteiger partial charge in [0.25, 0.3) is 5.91 Å². The van der Waals surface area contributed by atoms with E-state index in [1.165, 1.54) is 5.56 Å². The fourth-order valence-electron chi connectivity index (χ4n) is 4.11. The summed E-state index contributed by atoms with van der Waals surface area (Å²) in [6.07, 6.45) is 0. The van der Waals surface area contributed by atoms with Crippen LogP contribution in [0.5, 0.6) is 5.75 Å². The molecule has 1 aliphatic rings. The minimum absolute atomic E-state index is 0.00314. The second-order valence-electron chi connectivity index (χ2n) is 8.28. The van der Waals surface area contributed by atoms with Crippen LogP contribution in [0.15, 0.2) is 78.9 Å². The lowest BCUT2D eigenvalue weighted by atomic mass is 10.1. The molecule has 0 bridgehead atoms. The van der Waals surface area contributed by atoms with E-state index < -0.39 is 0 Å². The minimum Gasteiger partial charge on any atom is -0.483 e. The molecule has 1 aromatic heterocycles. The van der Waals surface area contributed by atoms with Crippen LogP contribution in [0.3, 0.4) is 0 Å². The Labute approximate surface area is 193 Å². The molecule has 33 heavy (non-hydrogen) atoms. The average Bonchev–Trinajstić information content (AvgIpc) is 2.88. The SMILES string of the molecule is Cc1ccc(-c2ccc(N3CCN(C(=O)COc4cccc5ccccc45)CC3)nn2)cc1. The van der Waals surface area contributed by atoms with Crippen LogP contribution in [0.1, 0.15) is 5.56 Å². The van der Waals surface area contributed by atoms with Crippen molar-refractivity contribution < 1.29 is 9.53 Å². The summed E-state index contributed by atoms with van der Waals surface area (Å²) in [6, 6.07) is 26.2. The number of carbonyl (C=O) groups is 1. The summed E-state index contributed by atoms with van der Waals surface area (Å²) in [6.45, 7) is 4.83. The molecule has 0 N–H and O–H groups in total. The zero-order valence-corrected chi connectivity index (χ0v) is 18.6. The lowest BCUT2D eigenvalue weighted by Crippen LogP contribution is -2.50. The van der Waals surface area contributed by atoms with Crippen LogP contribution in [0.25, 0.3) is 22.0 Å². The van der Waals surface area contributed by atoms with Gasteiger partial charge in [0, 0.05) is 37.1 Å². The number of hydrogen-bond donors (Lipinski definition) is 0. The first kappa shape index (κ1) is 20.9. The number of ether oxygens (including phenoxy) is 1. The summed E-state index contributed by atoms with van der Waals surface area (Å²) in [4.78, 5) is 16.8. The van der Waals surface area contributed by atoms with Gasteiger partial charge in [0.2, 0.25) is 0 Å². The maximum absolute atomic E-state index is 12.7. The molecule has 0 saturated carbocycles. The Kier molecular flexibility index (Phi) is 5.89. The number of amides is 1. The summed E-state index contributed by atoms with van der Waals surface area (Å²) < 4.78 is 5.88. The van der Waals surface area contributed by atoms with Gasteiger partial charge in [-0.15, -0.1) is 10.2 Å². The number of carbonyl (C=O) groups excluding carboxylic acids is 1. The van der Waals surface area contributed by atoms with Crippen molar-refractivity contribution in [2.24, 2.45) is 0 Å². The summed E-state index contributed by atoms with van der Waals surface area (Å²) >= 11 is 0. The first-order valence-corrected chi connectivity index (χ1v) is 11.2. The van der Waals surface area contributed by atoms with Gasteiger partial charge in [0.1, 0.15) is 5.75 Å². The molecule has 2 heterocycles. The predicted molar refractivity (Wildman–Crippen MR) is 130 cm³/mol. The lowest BCUT2D eigenvalue weighted by molar-refractivity contribution is -0.133. The van der Waals surface area contributed by atoms with Crippen molar-refractivity contribution in [1.29, 1.82) is 0 Å². The molecule has 6 nitrogen and oxygen atoms in total. The third-order valence-electron chi connectivity index (χ3n) is 6.05. The number of anilines is 1. The van der Waals surface area contributed by atoms with Crippen LogP contribution in [0, 0.1) is 6.92 Å². The average molecular weight is 439 g/mol. The highest BCUT2D eigenvalue weighted by Gasteiger charge is 2.22. The van der Waals surface area contributed by atoms with Crippen LogP contribution in [-0.4, -0.2) is 53.8 Å². The first-order chi connectivity index (χ1) is 16.2. The van der Waals surface area contributed by atoms with Gasteiger partial charge in [-0.25, -0.2) is 0 Å². The standard InChI is InChI=1S/C27H26N4O2/c1-20-9-11-22(12-10-20)24-13-14-26(29-28-24)30-15-17-31(18-16-30)27(32)19-33-25-8-4-6-21-5-2-3-7-23(21)25/h2-14H,15-19H2,1H3. The Balaban J connectivity index is 1.16. The van der Waals surface area contributed by atoms with Crippen LogP contribution in [-0.2, 0) is 4.79 Å². The van der Waals surface area contributed by atoms with E-state index in [1.807, 2.05) is 59.5 Å². The Morgan fingerprint density at radius 3 is 2.36 bits per heavy atom. The molecule has 1 saturated heterocycles. The molecule has 5 rings (SSSR count). The molecule has 1 aliphatic heterocycles. The van der Waals surface area contributed by atoms with E-state index in [2.05, 4.69) is 46.3 Å². The molecule has 4 aromatic rings. The number of aryl methyl sites for hydroxylation is 1. The largest absolute Gasteiger partial charge is 0.483 e. The van der Waals surface area contributed by atoms with Crippen LogP contribution in [0.2, 0.25) is 0 Å². The number of benzene rings is 3. The fourth-order valence-corrected chi connectivity index (χ4v) is 4.11. The molecule has 0 atom stereocenters. The lowest BCUT2D eigenvalue weighted by Gasteiger charge is -2.35. The molecule has 0 spiro atoms. The van der Waals surface area contributed by atoms with Gasteiger partial charge in [0.15, 0.2) is 12.4 Å². The molecule has 0 radical (unpaired) electrons. The molecule has 3 aromatic carbocycles. The predicted octanol–water partition coefficient (Wildman–Crippen LogP) is 4.33. The van der Waals surface area contributed by atoms with Crippen molar-refractivity contribution in [3.63, 3.8) is 0 Å². The first-order valence-electron chi connectivity index (χ1n) is 11.2. The van der Waals surface area contributed by atoms with E-state index in [9.17, 15) is 4.79 Å². The van der Waals surface area contributed by atoms with Gasteiger partial charge in [-0.3, -0.25) is 4.79 Å². The molecule has 6 heteroatoms. The van der Waals surface area contributed by atoms with Crippen molar-refractivity contribution >= 4 is 22.5 Å². The zero-order chi connectivity index (χ0) is 22.6. The van der Waals surface area contributed by atoms with Gasteiger partial charge < -0.3 is 14.5 Å². The highest BCUT2D eigenvalue weighted by molar-refractivity contribution is 5.88. The van der Waals surface area contributed by atoms with Gasteiger partial charge in [-0.2, -0.15) is 0 Å². The molecule has 0 unspecified atom stereocenters. The second kappa shape index (κ2) is 9.28. The molecule has 0 aliphatic carbocycles. The summed E-state index contributed by atoms with van der Waals surface area (Å²) in [7, 11) is 0. The third-order valence-corrected chi connectivity index (χ3v) is 6.05. The third kappa shape index (κ3) is 4.65. The van der Waals surface area contributed by atoms with E-state index >= 15 is 0 Å². The molecule has 1 fully saturated rings. The summed E-state index contributed by atoms with van der Waals surface area (Å²) in [5, 5.41) is 10.9. The van der Waals surface area contributed by atoms with Crippen molar-refractivity contribution in [1.82, 2.24) is 15.1 Å². The fraction of sp³-hybridized carbons (Fsp3) is 0.222. The van der Waals surface area contributed by atoms with Crippen molar-refractivity contribution in [3.8, 4) is 17.0 Å². The van der Waals surface area contributed by atoms with Crippen molar-refractivity contribution in [2.75, 3.05) is 37.7 Å². The maximum Gasteiger partial charge on any atom is 0.260 e. The molecule has 166 valence electrons. The van der Waals surface area contributed by atoms with Crippen LogP contribution < -0.4 is 9.64 Å². The second-order valence-corrected chi connectivity index (χ2v) is 8.28. The monoisotopic (exact) mass is 438 g/mol. The normalized spacial score (nSPS) is 13.8. The quantitative estimate of drug-likeness (QED) is 0.464. The highest BCUT2D eigenvalue weighted by Crippen LogP contribution is 2.25. The van der Waals surface area contributed by atoms with Gasteiger partial charge in [0.05, 0.1) is 5.69 Å². The van der Waals surface area contributed by atoms with Gasteiger partial charge in [-0.05, 0) is 30.5 Å². The number of piperazine rings is 1. The van der Waals surface area contributed by atoms with E-state index in [0.717, 1.165) is 46.7 Å². The summed E-state index contributed by atoms with van der Waals surface area (Å²) in [5.41, 5.74) is 3.14. The van der Waals surface area contributed by atoms with Gasteiger partial charge in [-0.1, -0.05) is 66.2 Å². The van der Waals surface area contributed by atoms with Crippen LogP contribution in [0.4, 0.5) is 5.82 Å². The number of fused-ring (bicyclic) bond motifs is 1. The number of aromatic nitrogens is 2. The van der Waals surface area contributed by atoms with E-state index in [-0.39, 0.29) is 12.5 Å². The van der Waals surface area contributed by atoms with Crippen LogP contribution >= 0.6 is 0 Å². The zero-order valence-electron chi connectivity index (χ0n) is 18.6. The highest BCUT2D eigenvalue weighted by atomic mass is 16.5. The van der Waals surface area contributed by atoms with E-state index in [1.54, 1.807) is 0 Å². The minimum atomic E-state index is 0.00314.